The van der Waals surface area contributed by atoms with Crippen molar-refractivity contribution in [3.05, 3.63) is 29.8 Å². The third-order valence-electron chi connectivity index (χ3n) is 3.64. The van der Waals surface area contributed by atoms with E-state index in [1.165, 1.54) is 6.42 Å². The molecule has 0 saturated heterocycles. The van der Waals surface area contributed by atoms with Crippen molar-refractivity contribution in [1.29, 1.82) is 0 Å². The maximum atomic E-state index is 11.9. The lowest BCUT2D eigenvalue weighted by atomic mass is 10.1. The molecule has 2 aliphatic rings. The van der Waals surface area contributed by atoms with Gasteiger partial charge in [0.1, 0.15) is 5.84 Å². The van der Waals surface area contributed by atoms with Gasteiger partial charge in [-0.05, 0) is 37.3 Å². The van der Waals surface area contributed by atoms with Gasteiger partial charge in [0.25, 0.3) is 10.0 Å². The second-order valence-electron chi connectivity index (χ2n) is 5.15. The Hall–Kier alpha value is -1.36. The number of sulfonamides is 1. The Labute approximate surface area is 107 Å². The van der Waals surface area contributed by atoms with Gasteiger partial charge in [-0.25, -0.2) is 8.42 Å². The predicted octanol–water partition coefficient (Wildman–Crippen LogP) is 1.91. The van der Waals surface area contributed by atoms with Crippen molar-refractivity contribution in [1.82, 2.24) is 4.72 Å². The number of hydrogen-bond acceptors (Lipinski definition) is 3. The van der Waals surface area contributed by atoms with Crippen molar-refractivity contribution in [2.75, 3.05) is 0 Å². The largest absolute Gasteiger partial charge is 0.264 e. The molecule has 1 aromatic carbocycles. The summed E-state index contributed by atoms with van der Waals surface area (Å²) in [5.74, 6) is 1.21. The maximum Gasteiger partial charge on any atom is 0.263 e. The molecule has 1 fully saturated rings. The Morgan fingerprint density at radius 3 is 2.78 bits per heavy atom. The Balaban J connectivity index is 1.99. The fourth-order valence-corrected chi connectivity index (χ4v) is 3.95. The monoisotopic (exact) mass is 264 g/mol. The number of nitrogens with zero attached hydrogens (tertiary/aromatic N) is 1. The van der Waals surface area contributed by atoms with E-state index in [0.717, 1.165) is 12.8 Å². The minimum atomic E-state index is -3.39. The summed E-state index contributed by atoms with van der Waals surface area (Å²) >= 11 is 0. The average molecular weight is 264 g/mol. The van der Waals surface area contributed by atoms with E-state index in [9.17, 15) is 8.42 Å². The highest BCUT2D eigenvalue weighted by Crippen LogP contribution is 2.29. The van der Waals surface area contributed by atoms with Crippen molar-refractivity contribution >= 4 is 15.9 Å². The Morgan fingerprint density at radius 2 is 2.06 bits per heavy atom. The summed E-state index contributed by atoms with van der Waals surface area (Å²) in [6, 6.07) is 7.26. The molecule has 1 aromatic rings. The minimum absolute atomic E-state index is 0.254. The zero-order chi connectivity index (χ0) is 12.8. The first kappa shape index (κ1) is 11.7. The van der Waals surface area contributed by atoms with Crippen LogP contribution in [0.25, 0.3) is 0 Å². The Bertz CT molecular complexity index is 607. The van der Waals surface area contributed by atoms with Crippen LogP contribution in [0, 0.1) is 5.92 Å². The molecule has 1 N–H and O–H groups in total. The van der Waals surface area contributed by atoms with Gasteiger partial charge >= 0.3 is 0 Å². The zero-order valence-electron chi connectivity index (χ0n) is 10.3. The van der Waals surface area contributed by atoms with Crippen molar-refractivity contribution < 1.29 is 8.42 Å². The number of nitrogens with one attached hydrogen (secondary N) is 1. The Morgan fingerprint density at radius 1 is 1.28 bits per heavy atom. The lowest BCUT2D eigenvalue weighted by Gasteiger charge is -2.05. The van der Waals surface area contributed by atoms with Crippen molar-refractivity contribution in [3.8, 4) is 0 Å². The molecule has 18 heavy (non-hydrogen) atoms. The van der Waals surface area contributed by atoms with E-state index in [1.54, 1.807) is 12.1 Å². The van der Waals surface area contributed by atoms with E-state index in [-0.39, 0.29) is 6.04 Å². The highest BCUT2D eigenvalue weighted by Gasteiger charge is 2.31. The molecular weight excluding hydrogens is 248 g/mol. The molecule has 0 amide bonds. The number of aliphatic imine (C=N–C) groups is 1. The number of fused-ring (bicyclic) bond motifs is 1. The average Bonchev–Trinajstić information content (AvgIpc) is 2.83. The predicted molar refractivity (Wildman–Crippen MR) is 70.1 cm³/mol. The third-order valence-corrected chi connectivity index (χ3v) is 5.04. The van der Waals surface area contributed by atoms with E-state index < -0.39 is 10.0 Å². The highest BCUT2D eigenvalue weighted by molar-refractivity contribution is 7.90. The molecule has 5 heteroatoms. The van der Waals surface area contributed by atoms with Crippen LogP contribution >= 0.6 is 0 Å². The third kappa shape index (κ3) is 1.92. The van der Waals surface area contributed by atoms with Crippen LogP contribution in [0.5, 0.6) is 0 Å². The van der Waals surface area contributed by atoms with Crippen LogP contribution in [0.2, 0.25) is 0 Å². The van der Waals surface area contributed by atoms with Crippen LogP contribution in [0.1, 0.15) is 31.7 Å². The van der Waals surface area contributed by atoms with Gasteiger partial charge in [-0.3, -0.25) is 9.71 Å². The standard InChI is InChI=1S/C13H16N2O2S/c1-9-6-7-10(8-9)14-13-11-4-2-3-5-12(11)18(16,17)15-13/h2-5,9-10H,6-8H2,1H3,(H,14,15). The molecule has 1 aliphatic heterocycles. The van der Waals surface area contributed by atoms with Crippen LogP contribution in [-0.4, -0.2) is 20.3 Å². The second kappa shape index (κ2) is 4.09. The van der Waals surface area contributed by atoms with Crippen LogP contribution in [0.3, 0.4) is 0 Å². The molecule has 3 rings (SSSR count). The van der Waals surface area contributed by atoms with Crippen molar-refractivity contribution in [2.24, 2.45) is 10.9 Å². The van der Waals surface area contributed by atoms with E-state index in [1.807, 2.05) is 12.1 Å². The summed E-state index contributed by atoms with van der Waals surface area (Å²) in [6.07, 6.45) is 3.28. The van der Waals surface area contributed by atoms with Crippen molar-refractivity contribution in [3.63, 3.8) is 0 Å². The lowest BCUT2D eigenvalue weighted by Crippen LogP contribution is -2.23. The summed E-state index contributed by atoms with van der Waals surface area (Å²) in [7, 11) is -3.39. The fourth-order valence-electron chi connectivity index (χ4n) is 2.71. The molecule has 1 aliphatic carbocycles. The van der Waals surface area contributed by atoms with Gasteiger partial charge in [-0.2, -0.15) is 0 Å². The second-order valence-corrected chi connectivity index (χ2v) is 6.80. The van der Waals surface area contributed by atoms with Gasteiger partial charge in [-0.15, -0.1) is 0 Å². The van der Waals surface area contributed by atoms with Gasteiger partial charge in [0, 0.05) is 5.56 Å². The molecule has 96 valence electrons. The summed E-state index contributed by atoms with van der Waals surface area (Å²) in [5.41, 5.74) is 0.706. The smallest absolute Gasteiger partial charge is 0.263 e. The summed E-state index contributed by atoms with van der Waals surface area (Å²) < 4.78 is 26.4. The van der Waals surface area contributed by atoms with E-state index >= 15 is 0 Å². The maximum absolute atomic E-state index is 11.9. The van der Waals surface area contributed by atoms with Gasteiger partial charge < -0.3 is 0 Å². The van der Waals surface area contributed by atoms with E-state index in [2.05, 4.69) is 16.6 Å². The van der Waals surface area contributed by atoms with Crippen molar-refractivity contribution in [2.45, 2.75) is 37.1 Å². The molecule has 0 spiro atoms. The molecule has 4 nitrogen and oxygen atoms in total. The van der Waals surface area contributed by atoms with Crippen LogP contribution in [0.4, 0.5) is 0 Å². The van der Waals surface area contributed by atoms with E-state index in [4.69, 9.17) is 0 Å². The summed E-state index contributed by atoms with van der Waals surface area (Å²) in [5, 5.41) is 0. The molecule has 2 unspecified atom stereocenters. The molecular formula is C13H16N2O2S. The van der Waals surface area contributed by atoms with Gasteiger partial charge in [0.2, 0.25) is 0 Å². The fraction of sp³-hybridized carbons (Fsp3) is 0.462. The SMILES string of the molecule is CC1CCC(N=C2NS(=O)(=O)c3ccccc32)C1. The first-order valence-electron chi connectivity index (χ1n) is 6.26. The summed E-state index contributed by atoms with van der Waals surface area (Å²) in [6.45, 7) is 2.22. The topological polar surface area (TPSA) is 58.5 Å². The lowest BCUT2D eigenvalue weighted by molar-refractivity contribution is 0.592. The van der Waals surface area contributed by atoms with Gasteiger partial charge in [0.15, 0.2) is 0 Å². The number of amidine groups is 1. The van der Waals surface area contributed by atoms with Crippen LogP contribution in [0.15, 0.2) is 34.2 Å². The normalized spacial score (nSPS) is 31.3. The number of hydrogen-bond donors (Lipinski definition) is 1. The molecule has 0 aromatic heterocycles. The van der Waals surface area contributed by atoms with Crippen LogP contribution < -0.4 is 4.72 Å². The van der Waals surface area contributed by atoms with Gasteiger partial charge in [-0.1, -0.05) is 19.1 Å². The zero-order valence-corrected chi connectivity index (χ0v) is 11.1. The van der Waals surface area contributed by atoms with Crippen LogP contribution in [-0.2, 0) is 10.0 Å². The first-order chi connectivity index (χ1) is 8.56. The number of benzene rings is 1. The molecule has 1 heterocycles. The van der Waals surface area contributed by atoms with E-state index in [0.29, 0.717) is 22.2 Å². The minimum Gasteiger partial charge on any atom is -0.264 e. The number of rotatable bonds is 1. The van der Waals surface area contributed by atoms with Gasteiger partial charge in [0.05, 0.1) is 10.9 Å². The highest BCUT2D eigenvalue weighted by atomic mass is 32.2. The first-order valence-corrected chi connectivity index (χ1v) is 7.74. The molecule has 2 atom stereocenters. The summed E-state index contributed by atoms with van der Waals surface area (Å²) in [4.78, 5) is 4.93. The Kier molecular flexibility index (Phi) is 2.66. The molecule has 0 bridgehead atoms. The molecule has 1 saturated carbocycles. The quantitative estimate of drug-likeness (QED) is 0.842. The molecule has 0 radical (unpaired) electrons.